The third kappa shape index (κ3) is 4.06. The quantitative estimate of drug-likeness (QED) is 0.404. The van der Waals surface area contributed by atoms with E-state index in [-0.39, 0.29) is 1.43 Å². The van der Waals surface area contributed by atoms with Gasteiger partial charge in [0, 0.05) is 0 Å². The summed E-state index contributed by atoms with van der Waals surface area (Å²) in [5.74, 6) is 0.884. The molecule has 0 radical (unpaired) electrons. The summed E-state index contributed by atoms with van der Waals surface area (Å²) in [7, 11) is 2.22. The van der Waals surface area contributed by atoms with Gasteiger partial charge in [0.1, 0.15) is 7.85 Å². The molecule has 0 heterocycles. The Morgan fingerprint density at radius 1 is 2.00 bits per heavy atom. The monoisotopic (exact) mass is 71.1 g/mol. The molecular weight excluding hydrogens is 58.9 g/mol. The first kappa shape index (κ1) is 5.06. The smallest absolute Gasteiger partial charge is 0.0728 e. The van der Waals surface area contributed by atoms with Crippen LogP contribution in [0.15, 0.2) is 0 Å². The van der Waals surface area contributed by atoms with E-state index in [1.807, 2.05) is 0 Å². The molecule has 0 saturated heterocycles. The molecule has 0 aliphatic rings. The standard InChI is InChI=1S/C4H11B/c1-3-4(2)5/h4H,3,5H2,1-2H3/p+1. The van der Waals surface area contributed by atoms with Crippen molar-refractivity contribution in [3.8, 4) is 0 Å². The Kier molecular flexibility index (Phi) is 2.34. The Labute approximate surface area is 36.5 Å². The first-order valence-electron chi connectivity index (χ1n) is 2.27. The van der Waals surface area contributed by atoms with E-state index in [1.54, 1.807) is 0 Å². The summed E-state index contributed by atoms with van der Waals surface area (Å²) in [6.45, 7) is 4.42. The van der Waals surface area contributed by atoms with Gasteiger partial charge in [-0.15, -0.1) is 0 Å². The van der Waals surface area contributed by atoms with E-state index in [2.05, 4.69) is 21.7 Å². The molecule has 0 spiro atoms. The summed E-state index contributed by atoms with van der Waals surface area (Å²) in [4.78, 5) is 0. The normalized spacial score (nSPS) is 14.8. The maximum absolute atomic E-state index is 2.22. The summed E-state index contributed by atoms with van der Waals surface area (Å²) in [6.07, 6.45) is 1.31. The topological polar surface area (TPSA) is 0 Å². The molecule has 0 fully saturated rings. The van der Waals surface area contributed by atoms with Crippen LogP contribution in [0.25, 0.3) is 0 Å². The van der Waals surface area contributed by atoms with E-state index < -0.39 is 0 Å². The van der Waals surface area contributed by atoms with Crippen LogP contribution < -0.4 is 0 Å². The van der Waals surface area contributed by atoms with Crippen LogP contribution >= 0.6 is 0 Å². The van der Waals surface area contributed by atoms with Crippen molar-refractivity contribution in [2.75, 3.05) is 0 Å². The van der Waals surface area contributed by atoms with Crippen molar-refractivity contribution in [1.82, 2.24) is 0 Å². The Balaban J connectivity index is 0. The zero-order chi connectivity index (χ0) is 4.28. The second-order valence-electron chi connectivity index (χ2n) is 1.80. The second kappa shape index (κ2) is 2.31. The minimum Gasteiger partial charge on any atom is -0.0728 e. The fraction of sp³-hybridized carbons (Fsp3) is 1.00. The average molecular weight is 71.0 g/mol. The molecule has 0 aromatic heterocycles. The van der Waals surface area contributed by atoms with E-state index in [1.165, 1.54) is 6.42 Å². The summed E-state index contributed by atoms with van der Waals surface area (Å²) in [5.41, 5.74) is 0. The summed E-state index contributed by atoms with van der Waals surface area (Å²) in [6, 6.07) is 0. The van der Waals surface area contributed by atoms with Crippen LogP contribution in [0.1, 0.15) is 21.7 Å². The zero-order valence-corrected chi connectivity index (χ0v) is 4.28. The minimum atomic E-state index is 0. The largest absolute Gasteiger partial charge is 1.00 e. The van der Waals surface area contributed by atoms with Crippen molar-refractivity contribution in [2.45, 2.75) is 26.1 Å². The van der Waals surface area contributed by atoms with Gasteiger partial charge < -0.3 is 0 Å². The van der Waals surface area contributed by atoms with Crippen molar-refractivity contribution in [2.24, 2.45) is 0 Å². The summed E-state index contributed by atoms with van der Waals surface area (Å²) >= 11 is 0. The van der Waals surface area contributed by atoms with E-state index in [0.29, 0.717) is 0 Å². The Morgan fingerprint density at radius 3 is 2.20 bits per heavy atom. The molecule has 0 aliphatic carbocycles. The highest BCUT2D eigenvalue weighted by Gasteiger charge is 1.80. The van der Waals surface area contributed by atoms with Crippen molar-refractivity contribution < 1.29 is 1.43 Å². The van der Waals surface area contributed by atoms with Gasteiger partial charge in [0.2, 0.25) is 0 Å². The SMILES string of the molecule is BC(C)CC.[H+]. The third-order valence-corrected chi connectivity index (χ3v) is 0.816. The summed E-state index contributed by atoms with van der Waals surface area (Å²) < 4.78 is 0. The summed E-state index contributed by atoms with van der Waals surface area (Å²) in [5, 5.41) is 0. The van der Waals surface area contributed by atoms with Crippen molar-refractivity contribution in [1.29, 1.82) is 0 Å². The lowest BCUT2D eigenvalue weighted by Crippen LogP contribution is -1.76. The molecule has 0 aliphatic heterocycles. The molecule has 0 N–H and O–H groups in total. The van der Waals surface area contributed by atoms with Gasteiger partial charge >= 0.3 is 1.43 Å². The molecular formula is C4H12B+. The fourth-order valence-electron chi connectivity index (χ4n) is 0. The first-order valence-corrected chi connectivity index (χ1v) is 2.27. The van der Waals surface area contributed by atoms with Gasteiger partial charge in [0.25, 0.3) is 0 Å². The van der Waals surface area contributed by atoms with Gasteiger partial charge in [-0.05, 0) is 0 Å². The van der Waals surface area contributed by atoms with E-state index in [0.717, 1.165) is 5.82 Å². The highest BCUT2D eigenvalue weighted by atomic mass is 13.8. The maximum atomic E-state index is 2.22. The van der Waals surface area contributed by atoms with Crippen LogP contribution in [-0.2, 0) is 0 Å². The van der Waals surface area contributed by atoms with Gasteiger partial charge in [-0.25, -0.2) is 0 Å². The average Bonchev–Trinajstić information content (AvgIpc) is 1.38. The van der Waals surface area contributed by atoms with Crippen LogP contribution in [0, 0.1) is 0 Å². The molecule has 0 nitrogen and oxygen atoms in total. The predicted molar refractivity (Wildman–Crippen MR) is 29.4 cm³/mol. The highest BCUT2D eigenvalue weighted by molar-refractivity contribution is 6.11. The van der Waals surface area contributed by atoms with Gasteiger partial charge in [-0.1, -0.05) is 26.1 Å². The molecule has 5 heavy (non-hydrogen) atoms. The van der Waals surface area contributed by atoms with Gasteiger partial charge in [0.15, 0.2) is 0 Å². The molecule has 30 valence electrons. The van der Waals surface area contributed by atoms with Crippen molar-refractivity contribution >= 4 is 7.85 Å². The molecule has 0 aromatic rings. The van der Waals surface area contributed by atoms with Crippen LogP contribution in [0.4, 0.5) is 0 Å². The van der Waals surface area contributed by atoms with E-state index in [4.69, 9.17) is 0 Å². The number of rotatable bonds is 1. The number of hydrogen-bond acceptors (Lipinski definition) is 0. The molecule has 0 aromatic carbocycles. The molecule has 0 rings (SSSR count). The molecule has 0 bridgehead atoms. The fourth-order valence-corrected chi connectivity index (χ4v) is 0. The predicted octanol–water partition coefficient (Wildman–Crippen LogP) is 0.950. The second-order valence-corrected chi connectivity index (χ2v) is 1.80. The van der Waals surface area contributed by atoms with E-state index >= 15 is 0 Å². The minimum absolute atomic E-state index is 0. The van der Waals surface area contributed by atoms with Crippen LogP contribution in [-0.4, -0.2) is 7.85 Å². The lowest BCUT2D eigenvalue weighted by atomic mass is 9.88. The molecule has 0 amide bonds. The van der Waals surface area contributed by atoms with Gasteiger partial charge in [-0.3, -0.25) is 0 Å². The third-order valence-electron chi connectivity index (χ3n) is 0.816. The van der Waals surface area contributed by atoms with Gasteiger partial charge in [0.05, 0.1) is 0 Å². The lowest BCUT2D eigenvalue weighted by molar-refractivity contribution is 0.880. The van der Waals surface area contributed by atoms with Crippen LogP contribution in [0.2, 0.25) is 5.82 Å². The van der Waals surface area contributed by atoms with Gasteiger partial charge in [-0.2, -0.15) is 0 Å². The number of hydrogen-bond donors (Lipinski definition) is 0. The molecule has 1 heteroatoms. The van der Waals surface area contributed by atoms with E-state index in [9.17, 15) is 0 Å². The Hall–Kier alpha value is 0.0649. The lowest BCUT2D eigenvalue weighted by Gasteiger charge is -1.90. The first-order chi connectivity index (χ1) is 2.27. The Morgan fingerprint density at radius 2 is 2.20 bits per heavy atom. The molecule has 1 atom stereocenters. The van der Waals surface area contributed by atoms with Crippen LogP contribution in [0.3, 0.4) is 0 Å². The van der Waals surface area contributed by atoms with Crippen LogP contribution in [0.5, 0.6) is 0 Å². The van der Waals surface area contributed by atoms with Crippen molar-refractivity contribution in [3.05, 3.63) is 0 Å². The zero-order valence-electron chi connectivity index (χ0n) is 5.28. The maximum Gasteiger partial charge on any atom is 1.00 e. The highest BCUT2D eigenvalue weighted by Crippen LogP contribution is 1.97. The van der Waals surface area contributed by atoms with Crippen molar-refractivity contribution in [3.63, 3.8) is 0 Å². The molecule has 0 saturated carbocycles. The molecule has 1 unspecified atom stereocenters. The Bertz CT molecular complexity index is 21.5.